The Hall–Kier alpha value is -1.60. The van der Waals surface area contributed by atoms with E-state index in [9.17, 15) is 26.3 Å². The minimum absolute atomic E-state index is 0.373. The highest BCUT2D eigenvalue weighted by Crippen LogP contribution is 2.30. The molecule has 0 atom stereocenters. The van der Waals surface area contributed by atoms with E-state index < -0.39 is 29.8 Å². The molecule has 0 radical (unpaired) electrons. The third-order valence-corrected chi connectivity index (χ3v) is 1.43. The van der Waals surface area contributed by atoms with E-state index in [4.69, 9.17) is 0 Å². The van der Waals surface area contributed by atoms with Crippen molar-refractivity contribution in [3.8, 4) is 11.5 Å². The third kappa shape index (κ3) is 4.83. The molecule has 0 saturated heterocycles. The maximum absolute atomic E-state index is 13.0. The van der Waals surface area contributed by atoms with Gasteiger partial charge >= 0.3 is 12.5 Å². The largest absolute Gasteiger partial charge is 0.573 e. The molecule has 0 aliphatic rings. The average Bonchev–Trinajstić information content (AvgIpc) is 2.05. The van der Waals surface area contributed by atoms with Crippen LogP contribution in [0.2, 0.25) is 0 Å². The van der Waals surface area contributed by atoms with Crippen LogP contribution in [0.1, 0.15) is 6.92 Å². The van der Waals surface area contributed by atoms with Gasteiger partial charge < -0.3 is 9.47 Å². The lowest BCUT2D eigenvalue weighted by Gasteiger charge is -2.14. The first-order valence-corrected chi connectivity index (χ1v) is 4.19. The van der Waals surface area contributed by atoms with Crippen molar-refractivity contribution in [3.05, 3.63) is 24.0 Å². The molecule has 0 N–H and O–H groups in total. The normalized spacial score (nSPS) is 12.4. The number of hydrogen-bond acceptors (Lipinski definition) is 2. The Balaban J connectivity index is 2.87. The van der Waals surface area contributed by atoms with Crippen molar-refractivity contribution in [3.63, 3.8) is 0 Å². The standard InChI is InChI=1S/C9H6F6O2/c1-8(11,12)16-5-2-3-7(6(10)4-5)17-9(13,14)15/h2-4H,1H3. The van der Waals surface area contributed by atoms with E-state index in [1.54, 1.807) is 0 Å². The molecule has 0 bridgehead atoms. The van der Waals surface area contributed by atoms with Crippen LogP contribution in [-0.4, -0.2) is 12.5 Å². The molecular formula is C9H6F6O2. The monoisotopic (exact) mass is 260 g/mol. The van der Waals surface area contributed by atoms with E-state index in [0.29, 0.717) is 19.1 Å². The molecule has 1 aromatic rings. The summed E-state index contributed by atoms with van der Waals surface area (Å²) in [6.45, 7) is 0.408. The quantitative estimate of drug-likeness (QED) is 0.771. The Morgan fingerprint density at radius 3 is 2.00 bits per heavy atom. The molecule has 0 amide bonds. The van der Waals surface area contributed by atoms with Gasteiger partial charge in [-0.1, -0.05) is 0 Å². The second-order valence-electron chi connectivity index (χ2n) is 3.05. The Kier molecular flexibility index (Phi) is 3.44. The first-order chi connectivity index (χ1) is 7.57. The van der Waals surface area contributed by atoms with Gasteiger partial charge in [-0.2, -0.15) is 8.78 Å². The first-order valence-electron chi connectivity index (χ1n) is 4.19. The van der Waals surface area contributed by atoms with E-state index in [0.717, 1.165) is 6.07 Å². The van der Waals surface area contributed by atoms with Crippen LogP contribution in [-0.2, 0) is 0 Å². The van der Waals surface area contributed by atoms with E-state index in [1.807, 2.05) is 0 Å². The number of alkyl halides is 5. The summed E-state index contributed by atoms with van der Waals surface area (Å²) in [4.78, 5) is 0. The second-order valence-corrected chi connectivity index (χ2v) is 3.05. The van der Waals surface area contributed by atoms with Crippen LogP contribution in [0.3, 0.4) is 0 Å². The number of ether oxygens (including phenoxy) is 2. The fourth-order valence-electron chi connectivity index (χ4n) is 0.959. The van der Waals surface area contributed by atoms with Crippen molar-refractivity contribution >= 4 is 0 Å². The number of benzene rings is 1. The van der Waals surface area contributed by atoms with Crippen molar-refractivity contribution in [1.82, 2.24) is 0 Å². The highest BCUT2D eigenvalue weighted by atomic mass is 19.4. The van der Waals surface area contributed by atoms with Crippen molar-refractivity contribution in [1.29, 1.82) is 0 Å². The zero-order chi connectivity index (χ0) is 13.3. The minimum atomic E-state index is -5.06. The van der Waals surface area contributed by atoms with Crippen molar-refractivity contribution in [2.24, 2.45) is 0 Å². The summed E-state index contributed by atoms with van der Waals surface area (Å²) in [5.41, 5.74) is 0. The SMILES string of the molecule is CC(F)(F)Oc1ccc(OC(F)(F)F)c(F)c1. The first kappa shape index (κ1) is 13.5. The van der Waals surface area contributed by atoms with E-state index in [1.165, 1.54) is 0 Å². The van der Waals surface area contributed by atoms with Crippen LogP contribution in [0.4, 0.5) is 26.3 Å². The molecule has 0 spiro atoms. The summed E-state index contributed by atoms with van der Waals surface area (Å²) in [6.07, 6.45) is -8.61. The highest BCUT2D eigenvalue weighted by molar-refractivity contribution is 5.33. The lowest BCUT2D eigenvalue weighted by atomic mass is 10.3. The van der Waals surface area contributed by atoms with Gasteiger partial charge in [-0.15, -0.1) is 13.2 Å². The summed E-state index contributed by atoms with van der Waals surface area (Å²) >= 11 is 0. The maximum atomic E-state index is 13.0. The van der Waals surface area contributed by atoms with Crippen LogP contribution in [0.25, 0.3) is 0 Å². The summed E-state index contributed by atoms with van der Waals surface area (Å²) in [6, 6.07) is 1.66. The van der Waals surface area contributed by atoms with Crippen molar-refractivity contribution < 1.29 is 35.8 Å². The van der Waals surface area contributed by atoms with Crippen LogP contribution in [0.15, 0.2) is 18.2 Å². The topological polar surface area (TPSA) is 18.5 Å². The number of hydrogen-bond donors (Lipinski definition) is 0. The number of halogens is 6. The molecule has 96 valence electrons. The van der Waals surface area contributed by atoms with E-state index >= 15 is 0 Å². The molecule has 8 heteroatoms. The molecule has 17 heavy (non-hydrogen) atoms. The van der Waals surface area contributed by atoms with Gasteiger partial charge in [0.25, 0.3) is 0 Å². The van der Waals surface area contributed by atoms with Crippen LogP contribution in [0.5, 0.6) is 11.5 Å². The highest BCUT2D eigenvalue weighted by Gasteiger charge is 2.32. The molecule has 0 aromatic heterocycles. The summed E-state index contributed by atoms with van der Waals surface area (Å²) in [7, 11) is 0. The van der Waals surface area contributed by atoms with E-state index in [-0.39, 0.29) is 0 Å². The fourth-order valence-corrected chi connectivity index (χ4v) is 0.959. The van der Waals surface area contributed by atoms with Crippen LogP contribution >= 0.6 is 0 Å². The van der Waals surface area contributed by atoms with Crippen molar-refractivity contribution in [2.45, 2.75) is 19.4 Å². The van der Waals surface area contributed by atoms with Gasteiger partial charge in [-0.3, -0.25) is 0 Å². The average molecular weight is 260 g/mol. The molecule has 0 aliphatic heterocycles. The molecule has 0 fully saturated rings. The van der Waals surface area contributed by atoms with Gasteiger partial charge in [0.15, 0.2) is 11.6 Å². The molecule has 2 nitrogen and oxygen atoms in total. The van der Waals surface area contributed by atoms with Gasteiger partial charge in [0.1, 0.15) is 5.75 Å². The van der Waals surface area contributed by atoms with Gasteiger partial charge in [0.05, 0.1) is 0 Å². The molecule has 1 rings (SSSR count). The van der Waals surface area contributed by atoms with Gasteiger partial charge in [0.2, 0.25) is 0 Å². The molecule has 0 unspecified atom stereocenters. The predicted octanol–water partition coefficient (Wildman–Crippen LogP) is 3.72. The third-order valence-electron chi connectivity index (χ3n) is 1.43. The fraction of sp³-hybridized carbons (Fsp3) is 0.333. The van der Waals surface area contributed by atoms with Gasteiger partial charge in [-0.25, -0.2) is 4.39 Å². The van der Waals surface area contributed by atoms with Gasteiger partial charge in [-0.05, 0) is 12.1 Å². The summed E-state index contributed by atoms with van der Waals surface area (Å²) < 4.78 is 80.2. The summed E-state index contributed by atoms with van der Waals surface area (Å²) in [5.74, 6) is -3.18. The molecule has 0 aliphatic carbocycles. The second kappa shape index (κ2) is 4.34. The Bertz CT molecular complexity index is 395. The Morgan fingerprint density at radius 2 is 1.59 bits per heavy atom. The van der Waals surface area contributed by atoms with Crippen LogP contribution < -0.4 is 9.47 Å². The smallest absolute Gasteiger partial charge is 0.433 e. The lowest BCUT2D eigenvalue weighted by molar-refractivity contribution is -0.275. The zero-order valence-electron chi connectivity index (χ0n) is 8.32. The molecule has 0 saturated carbocycles. The molecule has 1 aromatic carbocycles. The minimum Gasteiger partial charge on any atom is -0.433 e. The maximum Gasteiger partial charge on any atom is 0.573 e. The Morgan fingerprint density at radius 1 is 1.00 bits per heavy atom. The lowest BCUT2D eigenvalue weighted by Crippen LogP contribution is -2.20. The van der Waals surface area contributed by atoms with Crippen molar-refractivity contribution in [2.75, 3.05) is 0 Å². The predicted molar refractivity (Wildman–Crippen MR) is 44.3 cm³/mol. The van der Waals surface area contributed by atoms with E-state index in [2.05, 4.69) is 9.47 Å². The van der Waals surface area contributed by atoms with Gasteiger partial charge in [0, 0.05) is 13.0 Å². The molecular weight excluding hydrogens is 254 g/mol. The Labute approximate surface area is 91.7 Å². The molecule has 0 heterocycles. The summed E-state index contributed by atoms with van der Waals surface area (Å²) in [5, 5.41) is 0. The zero-order valence-corrected chi connectivity index (χ0v) is 8.32. The van der Waals surface area contributed by atoms with Crippen LogP contribution in [0, 0.1) is 5.82 Å². The number of rotatable bonds is 3.